The van der Waals surface area contributed by atoms with Gasteiger partial charge in [0.15, 0.2) is 5.82 Å². The van der Waals surface area contributed by atoms with Crippen molar-refractivity contribution in [1.29, 1.82) is 0 Å². The molecule has 1 atom stereocenters. The van der Waals surface area contributed by atoms with Gasteiger partial charge in [-0.2, -0.15) is 8.42 Å². The standard InChI is InChI=1S/C38H39FN6O8S/c1-42-28-15-23(4-5-26(28)45(36(42)51)27-6-7-30(47)40-34(27)49)22-9-12-43(13-10-22)35(50)38-18-37(19-38,20-38)11-8-21-2-3-24-16-29(46)33(32(39)25(24)14-21)44-17-31(48)41-54(44,52)53/h2-5,14-16,22,27,46H,6-13,17-20H2,1H3,(H,41,48)(H,40,47,49). The van der Waals surface area contributed by atoms with Crippen LogP contribution < -0.4 is 20.0 Å². The van der Waals surface area contributed by atoms with Crippen LogP contribution in [0.1, 0.15) is 74.5 Å². The van der Waals surface area contributed by atoms with Crippen LogP contribution in [0.15, 0.2) is 47.3 Å². The summed E-state index contributed by atoms with van der Waals surface area (Å²) in [4.78, 5) is 65.0. The number of halogens is 1. The Morgan fingerprint density at radius 3 is 2.39 bits per heavy atom. The van der Waals surface area contributed by atoms with Crippen molar-refractivity contribution in [1.82, 2.24) is 24.1 Å². The summed E-state index contributed by atoms with van der Waals surface area (Å²) >= 11 is 0. The van der Waals surface area contributed by atoms with Gasteiger partial charge in [-0.15, -0.1) is 0 Å². The van der Waals surface area contributed by atoms with Crippen LogP contribution in [0.2, 0.25) is 0 Å². The number of imidazole rings is 1. The lowest BCUT2D eigenvalue weighted by Gasteiger charge is -2.70. The van der Waals surface area contributed by atoms with E-state index >= 15 is 4.39 Å². The highest BCUT2D eigenvalue weighted by atomic mass is 32.2. The number of carbonyl (C=O) groups is 4. The van der Waals surface area contributed by atoms with Crippen LogP contribution in [-0.2, 0) is 42.9 Å². The van der Waals surface area contributed by atoms with E-state index < -0.39 is 51.9 Å². The number of nitrogens with one attached hydrogen (secondary N) is 2. The number of piperidine rings is 2. The number of phenols is 1. The van der Waals surface area contributed by atoms with Crippen molar-refractivity contribution in [2.24, 2.45) is 17.9 Å². The van der Waals surface area contributed by atoms with E-state index in [-0.39, 0.29) is 52.5 Å². The predicted octanol–water partition coefficient (Wildman–Crippen LogP) is 3.01. The van der Waals surface area contributed by atoms with Crippen LogP contribution in [0.3, 0.4) is 0 Å². The summed E-state index contributed by atoms with van der Waals surface area (Å²) in [7, 11) is -2.62. The normalized spacial score (nSPS) is 26.5. The molecule has 6 aliphatic rings. The van der Waals surface area contributed by atoms with Crippen LogP contribution in [0.25, 0.3) is 21.8 Å². The molecule has 16 heteroatoms. The first kappa shape index (κ1) is 34.5. The molecule has 3 saturated heterocycles. The molecular formula is C38H39FN6O8S. The number of likely N-dealkylation sites (tertiary alicyclic amines) is 1. The molecule has 3 aromatic carbocycles. The van der Waals surface area contributed by atoms with E-state index in [1.807, 2.05) is 29.2 Å². The molecule has 14 nitrogen and oxygen atoms in total. The number of fused-ring (bicyclic) bond motifs is 2. The third-order valence-electron chi connectivity index (χ3n) is 12.6. The van der Waals surface area contributed by atoms with Gasteiger partial charge in [0.05, 0.1) is 16.4 Å². The second-order valence-electron chi connectivity index (χ2n) is 16.0. The van der Waals surface area contributed by atoms with Crippen LogP contribution in [-0.4, -0.2) is 70.8 Å². The molecule has 4 heterocycles. The van der Waals surface area contributed by atoms with Crippen molar-refractivity contribution in [3.8, 4) is 5.75 Å². The SMILES string of the molecule is Cn1c(=O)n(C2CCC(=O)NC2=O)c2ccc(C3CCN(C(=O)C45CC(CCc6ccc7cc(O)c(N8CC(=O)NS8(=O)=O)c(F)c7c6)(C4)C5)CC3)cc21. The molecule has 3 aliphatic carbocycles. The molecule has 0 radical (unpaired) electrons. The lowest BCUT2D eigenvalue weighted by Crippen LogP contribution is -2.68. The average molecular weight is 759 g/mol. The number of phenolic OH excluding ortho intramolecular Hbond substituents is 1. The molecule has 1 aromatic heterocycles. The molecule has 3 saturated carbocycles. The van der Waals surface area contributed by atoms with Crippen molar-refractivity contribution in [3.63, 3.8) is 0 Å². The lowest BCUT2D eigenvalue weighted by atomic mass is 9.33. The van der Waals surface area contributed by atoms with Crippen LogP contribution >= 0.6 is 0 Å². The van der Waals surface area contributed by atoms with Gasteiger partial charge >= 0.3 is 15.9 Å². The molecule has 282 valence electrons. The number of hydrogen-bond acceptors (Lipinski definition) is 8. The lowest BCUT2D eigenvalue weighted by molar-refractivity contribution is -0.219. The number of amides is 4. The Kier molecular flexibility index (Phi) is 7.59. The predicted molar refractivity (Wildman–Crippen MR) is 194 cm³/mol. The Labute approximate surface area is 309 Å². The average Bonchev–Trinajstić information content (AvgIpc) is 3.52. The summed E-state index contributed by atoms with van der Waals surface area (Å²) in [5.41, 5.74) is 2.20. The van der Waals surface area contributed by atoms with Crippen molar-refractivity contribution < 1.29 is 37.1 Å². The van der Waals surface area contributed by atoms with Gasteiger partial charge in [0.25, 0.3) is 5.91 Å². The summed E-state index contributed by atoms with van der Waals surface area (Å²) in [6, 6.07) is 11.7. The van der Waals surface area contributed by atoms with Crippen LogP contribution in [0, 0.1) is 16.6 Å². The minimum absolute atomic E-state index is 0.0624. The summed E-state index contributed by atoms with van der Waals surface area (Å²) in [6.07, 6.45) is 6.00. The Hall–Kier alpha value is -5.25. The highest BCUT2D eigenvalue weighted by Gasteiger charge is 2.71. The second kappa shape index (κ2) is 11.9. The fourth-order valence-electron chi connectivity index (χ4n) is 9.93. The fourth-order valence-corrected chi connectivity index (χ4v) is 11.1. The maximum Gasteiger partial charge on any atom is 0.329 e. The van der Waals surface area contributed by atoms with Crippen LogP contribution in [0.5, 0.6) is 5.75 Å². The highest BCUT2D eigenvalue weighted by Crippen LogP contribution is 2.75. The van der Waals surface area contributed by atoms with Gasteiger partial charge in [0.2, 0.25) is 17.7 Å². The molecule has 3 aliphatic heterocycles. The molecule has 10 rings (SSSR count). The van der Waals surface area contributed by atoms with E-state index in [1.54, 1.807) is 28.5 Å². The number of aromatic nitrogens is 2. The summed E-state index contributed by atoms with van der Waals surface area (Å²) < 4.78 is 45.8. The molecule has 2 bridgehead atoms. The Morgan fingerprint density at radius 1 is 0.963 bits per heavy atom. The van der Waals surface area contributed by atoms with Crippen molar-refractivity contribution in [3.05, 3.63) is 69.9 Å². The first-order valence-corrected chi connectivity index (χ1v) is 19.7. The largest absolute Gasteiger partial charge is 0.506 e. The summed E-state index contributed by atoms with van der Waals surface area (Å²) in [5.74, 6) is -2.66. The number of rotatable bonds is 7. The van der Waals surface area contributed by atoms with Gasteiger partial charge in [-0.3, -0.25) is 33.6 Å². The molecule has 6 fully saturated rings. The zero-order valence-corrected chi connectivity index (χ0v) is 30.4. The smallest absolute Gasteiger partial charge is 0.329 e. The van der Waals surface area contributed by atoms with Crippen molar-refractivity contribution >= 4 is 61.3 Å². The number of hydrogen-bond donors (Lipinski definition) is 3. The van der Waals surface area contributed by atoms with Crippen molar-refractivity contribution in [2.45, 2.75) is 69.7 Å². The number of aryl methyl sites for hydroxylation is 2. The van der Waals surface area contributed by atoms with Crippen LogP contribution in [0.4, 0.5) is 10.1 Å². The Balaban J connectivity index is 0.820. The Morgan fingerprint density at radius 2 is 1.70 bits per heavy atom. The zero-order chi connectivity index (χ0) is 37.9. The third-order valence-corrected chi connectivity index (χ3v) is 14.0. The second-order valence-corrected chi connectivity index (χ2v) is 17.5. The van der Waals surface area contributed by atoms with Gasteiger partial charge in [0.1, 0.15) is 24.0 Å². The van der Waals surface area contributed by atoms with Gasteiger partial charge in [-0.05, 0) is 103 Å². The number of nitrogens with zero attached hydrogens (tertiary/aromatic N) is 4. The minimum Gasteiger partial charge on any atom is -0.506 e. The first-order valence-electron chi connectivity index (χ1n) is 18.3. The topological polar surface area (TPSA) is 180 Å². The van der Waals surface area contributed by atoms with Gasteiger partial charge < -0.3 is 10.0 Å². The van der Waals surface area contributed by atoms with E-state index in [9.17, 15) is 37.5 Å². The number of benzene rings is 3. The highest BCUT2D eigenvalue weighted by molar-refractivity contribution is 7.92. The van der Waals surface area contributed by atoms with E-state index in [1.165, 1.54) is 10.6 Å². The van der Waals surface area contributed by atoms with E-state index in [2.05, 4.69) is 5.32 Å². The quantitative estimate of drug-likeness (QED) is 0.241. The van der Waals surface area contributed by atoms with Gasteiger partial charge in [0, 0.05) is 31.9 Å². The first-order chi connectivity index (χ1) is 25.7. The van der Waals surface area contributed by atoms with E-state index in [4.69, 9.17) is 0 Å². The maximum absolute atomic E-state index is 15.7. The summed E-state index contributed by atoms with van der Waals surface area (Å²) in [6.45, 7) is 0.675. The minimum atomic E-state index is -4.31. The van der Waals surface area contributed by atoms with Gasteiger partial charge in [-0.1, -0.05) is 18.2 Å². The maximum atomic E-state index is 15.7. The number of anilines is 1. The van der Waals surface area contributed by atoms with Gasteiger partial charge in [-0.25, -0.2) is 18.2 Å². The number of carbonyl (C=O) groups excluding carboxylic acids is 4. The fraction of sp³-hybridized carbons (Fsp3) is 0.447. The number of imide groups is 1. The molecule has 3 N–H and O–H groups in total. The number of aromatic hydroxyl groups is 1. The third kappa shape index (κ3) is 5.23. The molecule has 4 aromatic rings. The van der Waals surface area contributed by atoms with Crippen molar-refractivity contribution in [2.75, 3.05) is 23.9 Å². The Bertz CT molecular complexity index is 2500. The monoisotopic (exact) mass is 758 g/mol. The molecule has 1 unspecified atom stereocenters. The molecular weight excluding hydrogens is 720 g/mol. The molecule has 54 heavy (non-hydrogen) atoms. The molecule has 0 spiro atoms. The molecule has 4 amide bonds. The summed E-state index contributed by atoms with van der Waals surface area (Å²) in [5, 5.41) is 13.4. The van der Waals surface area contributed by atoms with E-state index in [0.29, 0.717) is 34.7 Å². The van der Waals surface area contributed by atoms with E-state index in [0.717, 1.165) is 55.2 Å². The zero-order valence-electron chi connectivity index (χ0n) is 29.6.